The van der Waals surface area contributed by atoms with Crippen LogP contribution in [0.5, 0.6) is 0 Å². The van der Waals surface area contributed by atoms with Crippen LogP contribution in [0.2, 0.25) is 0 Å². The highest BCUT2D eigenvalue weighted by Gasteiger charge is 1.83. The Morgan fingerprint density at radius 3 is 2.75 bits per heavy atom. The lowest BCUT2D eigenvalue weighted by Crippen LogP contribution is -1.94. The van der Waals surface area contributed by atoms with Crippen LogP contribution < -0.4 is 0 Å². The van der Waals surface area contributed by atoms with Crippen molar-refractivity contribution in [3.63, 3.8) is 0 Å². The summed E-state index contributed by atoms with van der Waals surface area (Å²) in [6, 6.07) is 0. The third-order valence-corrected chi connectivity index (χ3v) is 2.41. The normalized spacial score (nSPS) is 9.75. The summed E-state index contributed by atoms with van der Waals surface area (Å²) in [6.45, 7) is 3.75. The van der Waals surface area contributed by atoms with Gasteiger partial charge in [-0.1, -0.05) is 21.6 Å². The van der Waals surface area contributed by atoms with Gasteiger partial charge in [0.2, 0.25) is 0 Å². The highest BCUT2D eigenvalue weighted by Crippen LogP contribution is 2.15. The van der Waals surface area contributed by atoms with Crippen molar-refractivity contribution < 1.29 is 4.74 Å². The Hall–Kier alpha value is 0.660. The molecular weight excluding hydrogens is 140 g/mol. The van der Waals surface area contributed by atoms with E-state index in [1.165, 1.54) is 0 Å². The van der Waals surface area contributed by atoms with Crippen molar-refractivity contribution in [3.8, 4) is 0 Å². The largest absolute Gasteiger partial charge is 0.381 e. The van der Waals surface area contributed by atoms with Crippen LogP contribution in [0.25, 0.3) is 0 Å². The first-order valence-electron chi connectivity index (χ1n) is 2.65. The van der Waals surface area contributed by atoms with Crippen LogP contribution in [0.15, 0.2) is 0 Å². The zero-order valence-electron chi connectivity index (χ0n) is 5.35. The van der Waals surface area contributed by atoms with E-state index in [1.807, 2.05) is 17.7 Å². The van der Waals surface area contributed by atoms with Gasteiger partial charge in [0.1, 0.15) is 0 Å². The summed E-state index contributed by atoms with van der Waals surface area (Å²) in [7, 11) is 3.63. The van der Waals surface area contributed by atoms with Gasteiger partial charge in [-0.3, -0.25) is 0 Å². The van der Waals surface area contributed by atoms with Crippen LogP contribution >= 0.6 is 21.6 Å². The van der Waals surface area contributed by atoms with Crippen LogP contribution in [0.3, 0.4) is 0 Å². The Balaban J connectivity index is 2.53. The first-order chi connectivity index (χ1) is 3.91. The quantitative estimate of drug-likeness (QED) is 0.441. The highest BCUT2D eigenvalue weighted by molar-refractivity contribution is 8.76. The molecule has 0 aromatic rings. The fourth-order valence-electron chi connectivity index (χ4n) is 0.321. The second kappa shape index (κ2) is 7.66. The Kier molecular flexibility index (Phi) is 8.29. The SMILES string of the molecule is CCOCCSSC. The molecule has 0 aromatic heterocycles. The highest BCUT2D eigenvalue weighted by atomic mass is 33.1. The van der Waals surface area contributed by atoms with Crippen LogP contribution in [-0.4, -0.2) is 25.2 Å². The van der Waals surface area contributed by atoms with E-state index in [0.29, 0.717) is 0 Å². The van der Waals surface area contributed by atoms with Crippen molar-refractivity contribution in [2.24, 2.45) is 0 Å². The number of hydrogen-bond donors (Lipinski definition) is 0. The summed E-state index contributed by atoms with van der Waals surface area (Å²) < 4.78 is 5.10. The first-order valence-corrected chi connectivity index (χ1v) is 5.38. The lowest BCUT2D eigenvalue weighted by Gasteiger charge is -1.96. The standard InChI is InChI=1S/C5H12OS2/c1-3-6-4-5-8-7-2/h3-5H2,1-2H3. The van der Waals surface area contributed by atoms with Gasteiger partial charge in [-0.2, -0.15) is 0 Å². The lowest BCUT2D eigenvalue weighted by atomic mass is 10.8. The van der Waals surface area contributed by atoms with Gasteiger partial charge in [-0.05, 0) is 13.2 Å². The van der Waals surface area contributed by atoms with Gasteiger partial charge < -0.3 is 4.74 Å². The molecule has 0 heterocycles. The Morgan fingerprint density at radius 1 is 1.50 bits per heavy atom. The molecule has 0 spiro atoms. The van der Waals surface area contributed by atoms with E-state index in [4.69, 9.17) is 4.74 Å². The van der Waals surface area contributed by atoms with Crippen molar-refractivity contribution >= 4 is 21.6 Å². The van der Waals surface area contributed by atoms with E-state index in [2.05, 4.69) is 6.26 Å². The van der Waals surface area contributed by atoms with E-state index in [9.17, 15) is 0 Å². The number of rotatable bonds is 5. The molecule has 0 rings (SSSR count). The fraction of sp³-hybridized carbons (Fsp3) is 1.00. The number of ether oxygens (including phenoxy) is 1. The third kappa shape index (κ3) is 6.66. The molecule has 3 heteroatoms. The van der Waals surface area contributed by atoms with Crippen LogP contribution in [0.1, 0.15) is 6.92 Å². The van der Waals surface area contributed by atoms with Crippen molar-refractivity contribution in [2.45, 2.75) is 6.92 Å². The summed E-state index contributed by atoms with van der Waals surface area (Å²) in [6.07, 6.45) is 2.08. The molecule has 50 valence electrons. The van der Waals surface area contributed by atoms with Crippen LogP contribution in [0, 0.1) is 0 Å². The van der Waals surface area contributed by atoms with Gasteiger partial charge in [0.25, 0.3) is 0 Å². The molecular formula is C5H12OS2. The maximum absolute atomic E-state index is 5.10. The molecule has 0 saturated carbocycles. The van der Waals surface area contributed by atoms with E-state index in [-0.39, 0.29) is 0 Å². The first kappa shape index (κ1) is 8.66. The Bertz CT molecular complexity index is 35.4. The maximum Gasteiger partial charge on any atom is 0.0564 e. The van der Waals surface area contributed by atoms with E-state index in [0.717, 1.165) is 19.0 Å². The second-order valence-corrected chi connectivity index (χ2v) is 3.87. The minimum atomic E-state index is 0.842. The van der Waals surface area contributed by atoms with Gasteiger partial charge in [-0.25, -0.2) is 0 Å². The molecule has 0 unspecified atom stereocenters. The summed E-state index contributed by atoms with van der Waals surface area (Å²) in [4.78, 5) is 0. The zero-order chi connectivity index (χ0) is 6.24. The van der Waals surface area contributed by atoms with Crippen molar-refractivity contribution in [3.05, 3.63) is 0 Å². The number of hydrogen-bond acceptors (Lipinski definition) is 3. The molecule has 1 nitrogen and oxygen atoms in total. The molecule has 0 aliphatic carbocycles. The summed E-state index contributed by atoms with van der Waals surface area (Å²) in [5.41, 5.74) is 0. The monoisotopic (exact) mass is 152 g/mol. The topological polar surface area (TPSA) is 9.23 Å². The van der Waals surface area contributed by atoms with Crippen molar-refractivity contribution in [2.75, 3.05) is 25.2 Å². The molecule has 0 fully saturated rings. The Labute approximate surface area is 59.0 Å². The van der Waals surface area contributed by atoms with Crippen molar-refractivity contribution in [1.29, 1.82) is 0 Å². The summed E-state index contributed by atoms with van der Waals surface area (Å²) in [5.74, 6) is 1.11. The van der Waals surface area contributed by atoms with Crippen LogP contribution in [0.4, 0.5) is 0 Å². The average molecular weight is 152 g/mol. The van der Waals surface area contributed by atoms with Gasteiger partial charge in [-0.15, -0.1) is 0 Å². The van der Waals surface area contributed by atoms with E-state index in [1.54, 1.807) is 10.8 Å². The van der Waals surface area contributed by atoms with Gasteiger partial charge in [0.05, 0.1) is 6.61 Å². The fourth-order valence-corrected chi connectivity index (χ4v) is 1.38. The molecule has 0 aliphatic rings. The second-order valence-electron chi connectivity index (χ2n) is 1.19. The predicted octanol–water partition coefficient (Wildman–Crippen LogP) is 2.03. The predicted molar refractivity (Wildman–Crippen MR) is 42.5 cm³/mol. The molecule has 0 amide bonds. The molecule has 0 aromatic carbocycles. The molecule has 8 heavy (non-hydrogen) atoms. The minimum absolute atomic E-state index is 0.842. The van der Waals surface area contributed by atoms with Gasteiger partial charge in [0, 0.05) is 12.4 Å². The average Bonchev–Trinajstić information content (AvgIpc) is 1.81. The molecule has 0 N–H and O–H groups in total. The molecule has 0 bridgehead atoms. The molecule has 0 aliphatic heterocycles. The molecule has 0 saturated heterocycles. The smallest absolute Gasteiger partial charge is 0.0564 e. The lowest BCUT2D eigenvalue weighted by molar-refractivity contribution is 0.165. The van der Waals surface area contributed by atoms with E-state index >= 15 is 0 Å². The third-order valence-electron chi connectivity index (χ3n) is 0.633. The van der Waals surface area contributed by atoms with E-state index < -0.39 is 0 Å². The zero-order valence-corrected chi connectivity index (χ0v) is 6.98. The minimum Gasteiger partial charge on any atom is -0.381 e. The maximum atomic E-state index is 5.10. The van der Waals surface area contributed by atoms with Crippen LogP contribution in [-0.2, 0) is 4.74 Å². The summed E-state index contributed by atoms with van der Waals surface area (Å²) >= 11 is 0. The molecule has 0 atom stereocenters. The van der Waals surface area contributed by atoms with Crippen molar-refractivity contribution in [1.82, 2.24) is 0 Å². The Morgan fingerprint density at radius 2 is 2.25 bits per heavy atom. The van der Waals surface area contributed by atoms with Gasteiger partial charge >= 0.3 is 0 Å². The summed E-state index contributed by atoms with van der Waals surface area (Å²) in [5, 5.41) is 0. The van der Waals surface area contributed by atoms with Gasteiger partial charge in [0.15, 0.2) is 0 Å². The molecule has 0 radical (unpaired) electrons.